The van der Waals surface area contributed by atoms with Crippen molar-refractivity contribution < 1.29 is 18.7 Å². The van der Waals surface area contributed by atoms with E-state index in [1.807, 2.05) is 30.3 Å². The van der Waals surface area contributed by atoms with Crippen LogP contribution in [-0.2, 0) is 6.42 Å². The van der Waals surface area contributed by atoms with E-state index in [1.54, 1.807) is 42.5 Å². The summed E-state index contributed by atoms with van der Waals surface area (Å²) in [5, 5.41) is 9.40. The zero-order chi connectivity index (χ0) is 24.1. The van der Waals surface area contributed by atoms with Crippen molar-refractivity contribution in [3.8, 4) is 5.75 Å². The van der Waals surface area contributed by atoms with Gasteiger partial charge in [0.05, 0.1) is 12.8 Å². The Kier molecular flexibility index (Phi) is 6.89. The zero-order valence-corrected chi connectivity index (χ0v) is 19.5. The Labute approximate surface area is 202 Å². The van der Waals surface area contributed by atoms with Gasteiger partial charge in [-0.2, -0.15) is 0 Å². The van der Waals surface area contributed by atoms with E-state index in [0.717, 1.165) is 17.4 Å². The van der Waals surface area contributed by atoms with Gasteiger partial charge in [0.1, 0.15) is 11.3 Å². The van der Waals surface area contributed by atoms with Gasteiger partial charge in [-0.3, -0.25) is 14.9 Å². The van der Waals surface area contributed by atoms with Gasteiger partial charge in [0, 0.05) is 22.7 Å². The number of hydrogen-bond donors (Lipinski definition) is 3. The number of rotatable bonds is 6. The second-order valence-electron chi connectivity index (χ2n) is 7.48. The third-order valence-corrected chi connectivity index (χ3v) is 5.41. The summed E-state index contributed by atoms with van der Waals surface area (Å²) in [6.07, 6.45) is 0.901. The molecular weight excluding hydrogens is 450 g/mol. The first kappa shape index (κ1) is 23.0. The largest absolute Gasteiger partial charge is 0.494 e. The minimum absolute atomic E-state index is 0.144. The molecule has 0 unspecified atom stereocenters. The molecular formula is C26H23N3O4S. The Morgan fingerprint density at radius 2 is 1.71 bits per heavy atom. The van der Waals surface area contributed by atoms with Crippen LogP contribution in [0.4, 0.5) is 11.4 Å². The normalized spacial score (nSPS) is 10.5. The summed E-state index contributed by atoms with van der Waals surface area (Å²) in [4.78, 5) is 25.1. The van der Waals surface area contributed by atoms with E-state index in [4.69, 9.17) is 21.4 Å². The third kappa shape index (κ3) is 5.24. The highest BCUT2D eigenvalue weighted by Crippen LogP contribution is 2.29. The number of benzene rings is 3. The van der Waals surface area contributed by atoms with Gasteiger partial charge in [0.25, 0.3) is 11.8 Å². The molecule has 0 atom stereocenters. The number of furan rings is 1. The quantitative estimate of drug-likeness (QED) is 0.326. The lowest BCUT2D eigenvalue weighted by molar-refractivity contribution is 0.0975. The maximum Gasteiger partial charge on any atom is 0.291 e. The molecule has 4 rings (SSSR count). The van der Waals surface area contributed by atoms with Crippen LogP contribution in [0.3, 0.4) is 0 Å². The molecule has 3 aromatic carbocycles. The lowest BCUT2D eigenvalue weighted by atomic mass is 10.1. The second kappa shape index (κ2) is 10.2. The number of anilines is 2. The highest BCUT2D eigenvalue weighted by atomic mass is 32.1. The first-order valence-corrected chi connectivity index (χ1v) is 11.1. The molecule has 1 aromatic heterocycles. The number of para-hydroxylation sites is 1. The van der Waals surface area contributed by atoms with Gasteiger partial charge in [-0.05, 0) is 60.6 Å². The molecule has 0 saturated heterocycles. The zero-order valence-electron chi connectivity index (χ0n) is 18.7. The Bertz CT molecular complexity index is 1330. The first-order valence-electron chi connectivity index (χ1n) is 10.7. The number of carbonyl (C=O) groups excluding carboxylic acids is 2. The molecule has 4 aromatic rings. The molecule has 34 heavy (non-hydrogen) atoms. The predicted molar refractivity (Wildman–Crippen MR) is 137 cm³/mol. The van der Waals surface area contributed by atoms with E-state index in [2.05, 4.69) is 22.9 Å². The molecule has 0 bridgehead atoms. The molecule has 172 valence electrons. The number of nitrogens with one attached hydrogen (secondary N) is 3. The van der Waals surface area contributed by atoms with Crippen LogP contribution in [0.2, 0.25) is 0 Å². The third-order valence-electron chi connectivity index (χ3n) is 5.21. The number of fused-ring (bicyclic) bond motifs is 1. The van der Waals surface area contributed by atoms with E-state index in [-0.39, 0.29) is 16.8 Å². The molecule has 0 aliphatic carbocycles. The number of amides is 2. The second-order valence-corrected chi connectivity index (χ2v) is 7.88. The van der Waals surface area contributed by atoms with Crippen LogP contribution in [0.25, 0.3) is 11.0 Å². The summed E-state index contributed by atoms with van der Waals surface area (Å²) >= 11 is 5.27. The van der Waals surface area contributed by atoms with Crippen molar-refractivity contribution in [2.24, 2.45) is 0 Å². The molecule has 0 spiro atoms. The molecule has 0 aliphatic heterocycles. The van der Waals surface area contributed by atoms with Gasteiger partial charge < -0.3 is 19.8 Å². The van der Waals surface area contributed by atoms with E-state index >= 15 is 0 Å². The highest BCUT2D eigenvalue weighted by Gasteiger charge is 2.15. The fourth-order valence-corrected chi connectivity index (χ4v) is 3.59. The van der Waals surface area contributed by atoms with Gasteiger partial charge in [-0.1, -0.05) is 37.3 Å². The molecule has 2 amide bonds. The monoisotopic (exact) mass is 473 g/mol. The van der Waals surface area contributed by atoms with Gasteiger partial charge in [-0.15, -0.1) is 0 Å². The maximum atomic E-state index is 12.7. The smallest absolute Gasteiger partial charge is 0.291 e. The van der Waals surface area contributed by atoms with Crippen molar-refractivity contribution in [1.29, 1.82) is 0 Å². The Morgan fingerprint density at radius 3 is 2.41 bits per heavy atom. The molecule has 0 radical (unpaired) electrons. The van der Waals surface area contributed by atoms with E-state index < -0.39 is 5.91 Å². The average molecular weight is 474 g/mol. The van der Waals surface area contributed by atoms with Crippen LogP contribution in [0.5, 0.6) is 5.75 Å². The van der Waals surface area contributed by atoms with Crippen LogP contribution in [0.15, 0.2) is 77.2 Å². The fourth-order valence-electron chi connectivity index (χ4n) is 3.38. The summed E-state index contributed by atoms with van der Waals surface area (Å²) in [7, 11) is 1.50. The van der Waals surface area contributed by atoms with Crippen molar-refractivity contribution in [2.45, 2.75) is 13.3 Å². The summed E-state index contributed by atoms with van der Waals surface area (Å²) in [5.41, 5.74) is 3.35. The van der Waals surface area contributed by atoms with Crippen LogP contribution < -0.4 is 20.7 Å². The maximum absolute atomic E-state index is 12.7. The number of thiocarbonyl (C=S) groups is 1. The molecule has 0 aliphatic rings. The standard InChI is InChI=1S/C26H23N3O4S/c1-3-16-8-10-17(11-9-16)24(30)29-26(34)27-19-12-13-20(22(15-19)32-2)28-25(31)23-14-18-6-4-5-7-21(18)33-23/h4-15H,3H2,1-2H3,(H,28,31)(H2,27,29,30,34). The van der Waals surface area contributed by atoms with Gasteiger partial charge >= 0.3 is 0 Å². The minimum atomic E-state index is -0.396. The molecule has 0 saturated carbocycles. The number of aryl methyl sites for hydroxylation is 1. The number of ether oxygens (including phenoxy) is 1. The molecule has 8 heteroatoms. The van der Waals surface area contributed by atoms with Crippen molar-refractivity contribution in [3.63, 3.8) is 0 Å². The molecule has 7 nitrogen and oxygen atoms in total. The lowest BCUT2D eigenvalue weighted by Crippen LogP contribution is -2.34. The lowest BCUT2D eigenvalue weighted by Gasteiger charge is -2.14. The van der Waals surface area contributed by atoms with Crippen molar-refractivity contribution in [2.75, 3.05) is 17.7 Å². The highest BCUT2D eigenvalue weighted by molar-refractivity contribution is 7.80. The molecule has 1 heterocycles. The Balaban J connectivity index is 1.41. The van der Waals surface area contributed by atoms with Gasteiger partial charge in [-0.25, -0.2) is 0 Å². The van der Waals surface area contributed by atoms with E-state index in [9.17, 15) is 9.59 Å². The molecule has 0 fully saturated rings. The minimum Gasteiger partial charge on any atom is -0.494 e. The van der Waals surface area contributed by atoms with Crippen molar-refractivity contribution >= 4 is 51.5 Å². The fraction of sp³-hybridized carbons (Fsp3) is 0.115. The SMILES string of the molecule is CCc1ccc(C(=O)NC(=S)Nc2ccc(NC(=O)c3cc4ccccc4o3)c(OC)c2)cc1. The summed E-state index contributed by atoms with van der Waals surface area (Å²) < 4.78 is 11.0. The first-order chi connectivity index (χ1) is 16.5. The van der Waals surface area contributed by atoms with Gasteiger partial charge in [0.2, 0.25) is 0 Å². The predicted octanol–water partition coefficient (Wildman–Crippen LogP) is 5.38. The van der Waals surface area contributed by atoms with Crippen molar-refractivity contribution in [1.82, 2.24) is 5.32 Å². The summed E-state index contributed by atoms with van der Waals surface area (Å²) in [5.74, 6) is -0.0889. The number of carbonyl (C=O) groups is 2. The Morgan fingerprint density at radius 1 is 0.941 bits per heavy atom. The van der Waals surface area contributed by atoms with E-state index in [0.29, 0.717) is 28.3 Å². The van der Waals surface area contributed by atoms with Crippen LogP contribution in [0.1, 0.15) is 33.4 Å². The average Bonchev–Trinajstić information content (AvgIpc) is 3.29. The summed E-state index contributed by atoms with van der Waals surface area (Å²) in [6.45, 7) is 2.05. The van der Waals surface area contributed by atoms with Crippen LogP contribution >= 0.6 is 12.2 Å². The van der Waals surface area contributed by atoms with Crippen molar-refractivity contribution in [3.05, 3.63) is 89.7 Å². The molecule has 3 N–H and O–H groups in total. The topological polar surface area (TPSA) is 92.6 Å². The van der Waals surface area contributed by atoms with Crippen LogP contribution in [-0.4, -0.2) is 24.0 Å². The number of methoxy groups -OCH3 is 1. The van der Waals surface area contributed by atoms with E-state index in [1.165, 1.54) is 7.11 Å². The Hall–Kier alpha value is -4.17. The van der Waals surface area contributed by atoms with Crippen LogP contribution in [0, 0.1) is 0 Å². The number of hydrogen-bond acceptors (Lipinski definition) is 5. The summed E-state index contributed by atoms with van der Waals surface area (Å²) in [6, 6.07) is 21.5. The van der Waals surface area contributed by atoms with Gasteiger partial charge in [0.15, 0.2) is 10.9 Å².